The number of rotatable bonds is 8. The minimum Gasteiger partial charge on any atom is -0.495 e. The number of terminal acetylenes is 1. The number of carbonyl (C=O) groups is 2. The van der Waals surface area contributed by atoms with Gasteiger partial charge in [-0.1, -0.05) is 24.8 Å². The number of benzene rings is 2. The van der Waals surface area contributed by atoms with E-state index in [4.69, 9.17) is 11.2 Å². The summed E-state index contributed by atoms with van der Waals surface area (Å²) in [5.41, 5.74) is 1.22. The van der Waals surface area contributed by atoms with Crippen molar-refractivity contribution in [1.82, 2.24) is 10.0 Å². The molecule has 0 bridgehead atoms. The molecule has 1 aliphatic carbocycles. The lowest BCUT2D eigenvalue weighted by molar-refractivity contribution is -0.115. The molecule has 0 spiro atoms. The van der Waals surface area contributed by atoms with Crippen molar-refractivity contribution < 1.29 is 22.7 Å². The Labute approximate surface area is 187 Å². The molecule has 0 atom stereocenters. The number of methoxy groups -OCH3 is 1. The van der Waals surface area contributed by atoms with E-state index >= 15 is 0 Å². The van der Waals surface area contributed by atoms with Gasteiger partial charge in [0.15, 0.2) is 0 Å². The van der Waals surface area contributed by atoms with E-state index in [2.05, 4.69) is 21.3 Å². The van der Waals surface area contributed by atoms with Crippen molar-refractivity contribution in [2.24, 2.45) is 0 Å². The highest BCUT2D eigenvalue weighted by atomic mass is 32.2. The predicted octanol–water partition coefficient (Wildman–Crippen LogP) is 2.27. The van der Waals surface area contributed by atoms with Gasteiger partial charge in [0.05, 0.1) is 13.7 Å². The molecule has 2 aromatic carbocycles. The molecule has 0 radical (unpaired) electrons. The molecule has 0 heterocycles. The monoisotopic (exact) mass is 455 g/mol. The Balaban J connectivity index is 1.67. The molecule has 3 N–H and O–H groups in total. The molecule has 0 unspecified atom stereocenters. The van der Waals surface area contributed by atoms with Crippen LogP contribution in [0.25, 0.3) is 0 Å². The van der Waals surface area contributed by atoms with Gasteiger partial charge in [-0.05, 0) is 49.2 Å². The topological polar surface area (TPSA) is 114 Å². The highest BCUT2D eigenvalue weighted by molar-refractivity contribution is 7.89. The molecule has 1 fully saturated rings. The molecule has 0 aliphatic heterocycles. The van der Waals surface area contributed by atoms with Crippen LogP contribution < -0.4 is 20.1 Å². The van der Waals surface area contributed by atoms with E-state index in [1.54, 1.807) is 24.3 Å². The summed E-state index contributed by atoms with van der Waals surface area (Å²) < 4.78 is 33.6. The van der Waals surface area contributed by atoms with Gasteiger partial charge < -0.3 is 15.4 Å². The summed E-state index contributed by atoms with van der Waals surface area (Å²) in [6.45, 7) is -0.298. The van der Waals surface area contributed by atoms with Gasteiger partial charge in [0, 0.05) is 22.9 Å². The largest absolute Gasteiger partial charge is 0.495 e. The standard InChI is InChI=1S/C23H25N3O5S/c1-3-16-7-6-10-19(13-16)25-22(27)15-24-23(28)17-11-12-20(31-2)21(14-17)32(29,30)26-18-8-4-5-9-18/h1,6-7,10-14,18,26H,4-5,8-9,15H2,2H3,(H,24,28)(H,25,27). The summed E-state index contributed by atoms with van der Waals surface area (Å²) in [7, 11) is -2.51. The van der Waals surface area contributed by atoms with Crippen molar-refractivity contribution in [2.75, 3.05) is 19.0 Å². The van der Waals surface area contributed by atoms with Gasteiger partial charge in [-0.2, -0.15) is 0 Å². The zero-order chi connectivity index (χ0) is 23.1. The van der Waals surface area contributed by atoms with Crippen molar-refractivity contribution >= 4 is 27.5 Å². The van der Waals surface area contributed by atoms with Gasteiger partial charge in [0.2, 0.25) is 15.9 Å². The maximum Gasteiger partial charge on any atom is 0.251 e. The van der Waals surface area contributed by atoms with Crippen molar-refractivity contribution in [3.8, 4) is 18.1 Å². The van der Waals surface area contributed by atoms with Gasteiger partial charge in [-0.15, -0.1) is 6.42 Å². The Hall–Kier alpha value is -3.35. The van der Waals surface area contributed by atoms with E-state index in [1.807, 2.05) is 0 Å². The van der Waals surface area contributed by atoms with E-state index in [1.165, 1.54) is 25.3 Å². The molecule has 1 saturated carbocycles. The number of nitrogens with one attached hydrogen (secondary N) is 3. The lowest BCUT2D eigenvalue weighted by Crippen LogP contribution is -2.34. The number of ether oxygens (including phenoxy) is 1. The Kier molecular flexibility index (Phi) is 7.51. The van der Waals surface area contributed by atoms with Crippen LogP contribution >= 0.6 is 0 Å². The van der Waals surface area contributed by atoms with E-state index in [0.717, 1.165) is 25.7 Å². The fourth-order valence-corrected chi connectivity index (χ4v) is 5.01. The van der Waals surface area contributed by atoms with Gasteiger partial charge in [0.1, 0.15) is 10.6 Å². The maximum absolute atomic E-state index is 12.9. The first-order chi connectivity index (χ1) is 15.3. The average Bonchev–Trinajstić information content (AvgIpc) is 3.29. The second-order valence-electron chi connectivity index (χ2n) is 7.42. The van der Waals surface area contributed by atoms with Gasteiger partial charge in [0.25, 0.3) is 5.91 Å². The highest BCUT2D eigenvalue weighted by Gasteiger charge is 2.26. The van der Waals surface area contributed by atoms with Crippen LogP contribution in [0.15, 0.2) is 47.4 Å². The van der Waals surface area contributed by atoms with E-state index in [-0.39, 0.29) is 28.8 Å². The van der Waals surface area contributed by atoms with Crippen molar-refractivity contribution in [3.05, 3.63) is 53.6 Å². The van der Waals surface area contributed by atoms with Crippen LogP contribution in [0.3, 0.4) is 0 Å². The van der Waals surface area contributed by atoms with Crippen LogP contribution in [0.4, 0.5) is 5.69 Å². The smallest absolute Gasteiger partial charge is 0.251 e. The summed E-state index contributed by atoms with van der Waals surface area (Å²) in [4.78, 5) is 24.6. The van der Waals surface area contributed by atoms with Crippen LogP contribution in [0.1, 0.15) is 41.6 Å². The molecule has 2 aromatic rings. The molecule has 32 heavy (non-hydrogen) atoms. The molecule has 0 aromatic heterocycles. The van der Waals surface area contributed by atoms with Crippen LogP contribution in [0.5, 0.6) is 5.75 Å². The van der Waals surface area contributed by atoms with Gasteiger partial charge >= 0.3 is 0 Å². The quantitative estimate of drug-likeness (QED) is 0.529. The van der Waals surface area contributed by atoms with E-state index in [0.29, 0.717) is 11.3 Å². The second-order valence-corrected chi connectivity index (χ2v) is 9.11. The maximum atomic E-state index is 12.9. The van der Waals surface area contributed by atoms with Crippen LogP contribution in [-0.2, 0) is 14.8 Å². The summed E-state index contributed by atoms with van der Waals surface area (Å²) >= 11 is 0. The molecule has 2 amide bonds. The highest BCUT2D eigenvalue weighted by Crippen LogP contribution is 2.27. The second kappa shape index (κ2) is 10.3. The Morgan fingerprint density at radius 3 is 2.59 bits per heavy atom. The van der Waals surface area contributed by atoms with Crippen molar-refractivity contribution in [1.29, 1.82) is 0 Å². The third-order valence-electron chi connectivity index (χ3n) is 5.11. The zero-order valence-corrected chi connectivity index (χ0v) is 18.5. The van der Waals surface area contributed by atoms with Gasteiger partial charge in [-0.25, -0.2) is 13.1 Å². The minimum atomic E-state index is -3.87. The number of hydrogen-bond donors (Lipinski definition) is 3. The Morgan fingerprint density at radius 2 is 1.91 bits per heavy atom. The molecule has 3 rings (SSSR count). The third kappa shape index (κ3) is 5.87. The zero-order valence-electron chi connectivity index (χ0n) is 17.7. The van der Waals surface area contributed by atoms with Crippen LogP contribution in [-0.4, -0.2) is 39.9 Å². The fraction of sp³-hybridized carbons (Fsp3) is 0.304. The lowest BCUT2D eigenvalue weighted by atomic mass is 10.2. The molecular formula is C23H25N3O5S. The SMILES string of the molecule is C#Cc1cccc(NC(=O)CNC(=O)c2ccc(OC)c(S(=O)(=O)NC3CCCC3)c2)c1. The van der Waals surface area contributed by atoms with E-state index < -0.39 is 21.8 Å². The fourth-order valence-electron chi connectivity index (χ4n) is 3.51. The molecule has 1 aliphatic rings. The molecule has 8 nitrogen and oxygen atoms in total. The molecule has 9 heteroatoms. The average molecular weight is 456 g/mol. The van der Waals surface area contributed by atoms with Gasteiger partial charge in [-0.3, -0.25) is 9.59 Å². The number of hydrogen-bond acceptors (Lipinski definition) is 5. The van der Waals surface area contributed by atoms with Crippen molar-refractivity contribution in [2.45, 2.75) is 36.6 Å². The summed E-state index contributed by atoms with van der Waals surface area (Å²) in [5, 5.41) is 5.13. The Bertz CT molecular complexity index is 1150. The van der Waals surface area contributed by atoms with E-state index in [9.17, 15) is 18.0 Å². The molecule has 168 valence electrons. The first-order valence-electron chi connectivity index (χ1n) is 10.2. The summed E-state index contributed by atoms with van der Waals surface area (Å²) in [6.07, 6.45) is 8.85. The number of anilines is 1. The summed E-state index contributed by atoms with van der Waals surface area (Å²) in [5.74, 6) is 1.58. The lowest BCUT2D eigenvalue weighted by Gasteiger charge is -2.16. The van der Waals surface area contributed by atoms with Crippen molar-refractivity contribution in [3.63, 3.8) is 0 Å². The van der Waals surface area contributed by atoms with Crippen LogP contribution in [0, 0.1) is 12.3 Å². The first kappa shape index (κ1) is 23.3. The van der Waals surface area contributed by atoms with Crippen LogP contribution in [0.2, 0.25) is 0 Å². The number of sulfonamides is 1. The normalized spacial score (nSPS) is 13.9. The Morgan fingerprint density at radius 1 is 1.16 bits per heavy atom. The summed E-state index contributed by atoms with van der Waals surface area (Å²) in [6, 6.07) is 10.7. The molecule has 0 saturated heterocycles. The molecular weight excluding hydrogens is 430 g/mol. The predicted molar refractivity (Wildman–Crippen MR) is 121 cm³/mol. The number of amides is 2. The number of carbonyl (C=O) groups excluding carboxylic acids is 2. The minimum absolute atomic E-state index is 0.0970. The third-order valence-corrected chi connectivity index (χ3v) is 6.66. The first-order valence-corrected chi connectivity index (χ1v) is 11.7.